The normalized spacial score (nSPS) is 17.5. The molecular weight excluding hydrogens is 1440 g/mol. The molecule has 2 atom stereocenters. The zero-order valence-electron chi connectivity index (χ0n) is 50.9. The predicted octanol–water partition coefficient (Wildman–Crippen LogP) is 1.28. The number of ether oxygens (including phenoxy) is 4. The van der Waals surface area contributed by atoms with E-state index in [4.69, 9.17) is 58.5 Å². The zero-order chi connectivity index (χ0) is 59.7. The van der Waals surface area contributed by atoms with Crippen molar-refractivity contribution in [3.63, 3.8) is 0 Å². The molecule has 4 aromatic rings. The van der Waals surface area contributed by atoms with E-state index in [1.807, 2.05) is 30.3 Å². The van der Waals surface area contributed by atoms with Crippen LogP contribution in [0.4, 0.5) is 13.6 Å². The summed E-state index contributed by atoms with van der Waals surface area (Å²) in [6.45, 7) is 13.9. The van der Waals surface area contributed by atoms with E-state index in [9.17, 15) is 13.6 Å². The zero-order valence-corrected chi connectivity index (χ0v) is 64.6. The minimum absolute atomic E-state index is 0. The molecule has 5 aliphatic heterocycles. The van der Waals surface area contributed by atoms with Gasteiger partial charge in [-0.1, -0.05) is 113 Å². The van der Waals surface area contributed by atoms with Gasteiger partial charge < -0.3 is 61.2 Å². The van der Waals surface area contributed by atoms with Crippen LogP contribution in [0.25, 0.3) is 0 Å². The van der Waals surface area contributed by atoms with Gasteiger partial charge in [0.25, 0.3) is 6.47 Å². The van der Waals surface area contributed by atoms with Crippen LogP contribution in [0.3, 0.4) is 0 Å². The summed E-state index contributed by atoms with van der Waals surface area (Å²) >= 11 is 2.23. The van der Waals surface area contributed by atoms with Crippen molar-refractivity contribution in [2.24, 2.45) is 17.8 Å². The van der Waals surface area contributed by atoms with E-state index in [0.29, 0.717) is 77.2 Å². The maximum atomic E-state index is 13.5. The standard InChI is InChI=1S/C27H31FN2O3.C15H14FN.C11H19NO2.C6H13NO.C5H7IO.CH2O3.2Cs.H/c1-2-18-32-19-17-29-14-11-21(12-15-29)20-33-27(31)30-16-13-22-5-3-4-6-25(22)26(30)23-7-9-24(28)10-8-23;16-13-7-5-12(6-8-13)15-14-4-2-1-3-11(14)9-10-17-15;1-2-8-14-9-7-12-5-3-11(10-13)4-6-12;8-5-6-1-3-7-4-2-6;1-2-4-7-5-3-6;2-1-4-3;;;/h1,3-10,21,26H,11-20H2;1-8,15,17H,9-10H2;1,11,13H,3-10H2;6-8H,1-5H2;1H,3-5H2;1,3H;;;/q;;;;;;2*+1;-1/p-1/t26-;15-;;;;;;;/m00......./s1. The van der Waals surface area contributed by atoms with E-state index in [0.717, 1.165) is 138 Å². The van der Waals surface area contributed by atoms with Crippen LogP contribution in [0.5, 0.6) is 0 Å². The summed E-state index contributed by atoms with van der Waals surface area (Å²) < 4.78 is 48.8. The van der Waals surface area contributed by atoms with Gasteiger partial charge in [0.15, 0.2) is 0 Å². The molecule has 0 bridgehead atoms. The Hall–Kier alpha value is -1.41. The molecule has 0 aliphatic carbocycles. The molecule has 85 heavy (non-hydrogen) atoms. The maximum absolute atomic E-state index is 13.5. The fourth-order valence-corrected chi connectivity index (χ4v) is 10.5. The van der Waals surface area contributed by atoms with Gasteiger partial charge in [0.1, 0.15) is 31.5 Å². The summed E-state index contributed by atoms with van der Waals surface area (Å²) in [4.78, 5) is 30.9. The van der Waals surface area contributed by atoms with Crippen LogP contribution in [-0.4, -0.2) is 167 Å². The number of piperidine rings is 3. The van der Waals surface area contributed by atoms with E-state index in [1.54, 1.807) is 17.0 Å². The van der Waals surface area contributed by atoms with E-state index >= 15 is 0 Å². The quantitative estimate of drug-likeness (QED) is 0.0213. The minimum atomic E-state index is -0.302. The molecule has 4 aromatic carbocycles. The number of aliphatic hydroxyl groups is 2. The summed E-state index contributed by atoms with van der Waals surface area (Å²) in [6, 6.07) is 29.7. The van der Waals surface area contributed by atoms with Gasteiger partial charge >= 0.3 is 144 Å². The number of hydrogen-bond acceptors (Lipinski definition) is 14. The van der Waals surface area contributed by atoms with Crippen molar-refractivity contribution in [1.82, 2.24) is 25.3 Å². The van der Waals surface area contributed by atoms with Crippen LogP contribution < -0.4 is 154 Å². The van der Waals surface area contributed by atoms with Crippen LogP contribution in [0, 0.1) is 66.4 Å². The summed E-state index contributed by atoms with van der Waals surface area (Å²) in [5.74, 6) is 8.29. The van der Waals surface area contributed by atoms with Crippen LogP contribution in [0.15, 0.2) is 97.1 Å². The Morgan fingerprint density at radius 3 is 1.59 bits per heavy atom. The average molecular weight is 1530 g/mol. The largest absolute Gasteiger partial charge is 1.00 e. The molecule has 0 unspecified atom stereocenters. The Bertz CT molecular complexity index is 2530. The first-order valence-corrected chi connectivity index (χ1v) is 30.2. The minimum Gasteiger partial charge on any atom is -1.00 e. The monoisotopic (exact) mass is 1530 g/mol. The first-order chi connectivity index (χ1) is 40.6. The molecule has 20 heteroatoms. The third-order valence-electron chi connectivity index (χ3n) is 14.8. The fraction of sp³-hybridized carbons (Fsp3) is 0.508. The molecular formula is C65H86Cs2F2IN5O10. The summed E-state index contributed by atoms with van der Waals surface area (Å²) in [6.07, 6.45) is 23.2. The summed E-state index contributed by atoms with van der Waals surface area (Å²) in [5.41, 5.74) is 7.01. The van der Waals surface area contributed by atoms with Gasteiger partial charge in [-0.3, -0.25) is 9.69 Å². The first kappa shape index (κ1) is 79.7. The van der Waals surface area contributed by atoms with Crippen molar-refractivity contribution in [3.8, 4) is 37.0 Å². The second-order valence-corrected chi connectivity index (χ2v) is 21.4. The predicted molar refractivity (Wildman–Crippen MR) is 327 cm³/mol. The molecule has 454 valence electrons. The van der Waals surface area contributed by atoms with Gasteiger partial charge in [0.05, 0.1) is 38.5 Å². The van der Waals surface area contributed by atoms with Crippen LogP contribution in [0.1, 0.15) is 85.4 Å². The molecule has 9 rings (SSSR count). The number of carbonyl (C=O) groups excluding carboxylic acids is 2. The molecule has 3 fully saturated rings. The number of hydrogen-bond donors (Lipinski definition) is 4. The second kappa shape index (κ2) is 50.3. The number of fused-ring (bicyclic) bond motifs is 2. The van der Waals surface area contributed by atoms with Gasteiger partial charge in [-0.2, -0.15) is 0 Å². The van der Waals surface area contributed by atoms with Crippen molar-refractivity contribution in [3.05, 3.63) is 142 Å². The van der Waals surface area contributed by atoms with E-state index in [1.165, 1.54) is 41.0 Å². The van der Waals surface area contributed by atoms with E-state index in [-0.39, 0.29) is 175 Å². The second-order valence-electron chi connectivity index (χ2n) is 20.3. The van der Waals surface area contributed by atoms with Gasteiger partial charge in [-0.15, -0.1) is 19.3 Å². The number of carbonyl (C=O) groups is 2. The third kappa shape index (κ3) is 31.9. The molecule has 4 N–H and O–H groups in total. The van der Waals surface area contributed by atoms with Gasteiger partial charge in [-0.05, 0) is 166 Å². The Balaban J connectivity index is 0.000000587. The third-order valence-corrected chi connectivity index (χ3v) is 15.2. The molecule has 15 nitrogen and oxygen atoms in total. The fourth-order valence-electron chi connectivity index (χ4n) is 10.2. The van der Waals surface area contributed by atoms with E-state index < -0.39 is 0 Å². The molecule has 1 amide bonds. The number of aliphatic hydroxyl groups excluding tert-OH is 2. The number of alkyl halides is 1. The smallest absolute Gasteiger partial charge is 1.00 e. The molecule has 0 radical (unpaired) electrons. The van der Waals surface area contributed by atoms with Crippen molar-refractivity contribution >= 4 is 35.2 Å². The summed E-state index contributed by atoms with van der Waals surface area (Å²) in [7, 11) is 0. The topological polar surface area (TPSA) is 178 Å². The number of likely N-dealkylation sites (tertiary alicyclic amines) is 2. The van der Waals surface area contributed by atoms with Crippen LogP contribution in [0.2, 0.25) is 0 Å². The Labute approximate surface area is 637 Å². The first-order valence-electron chi connectivity index (χ1n) is 28.6. The van der Waals surface area contributed by atoms with Gasteiger partial charge in [-0.25, -0.2) is 13.6 Å². The number of amides is 1. The Morgan fingerprint density at radius 1 is 0.647 bits per heavy atom. The molecule has 3 saturated heterocycles. The number of rotatable bonds is 18. The SMILES string of the molecule is C#CCOCCI.C#CCOCCN1CCC(CO)CC1.C#CCOCCN1CCC(COC(=O)N2CCc3ccccc3[C@@H]2c2ccc(F)cc2)CC1.Fc1ccc([C@@H]2NCCc3ccccc32)cc1.O=CO[O-].OCC1CCNCC1.[Cs+].[Cs+].[H-]. The van der Waals surface area contributed by atoms with Crippen molar-refractivity contribution < 1.29 is 197 Å². The molecule has 5 aliphatic rings. The number of benzene rings is 4. The van der Waals surface area contributed by atoms with Crippen LogP contribution >= 0.6 is 22.6 Å². The van der Waals surface area contributed by atoms with Gasteiger partial charge in [0, 0.05) is 43.8 Å². The van der Waals surface area contributed by atoms with Gasteiger partial charge in [0.2, 0.25) is 0 Å². The van der Waals surface area contributed by atoms with Crippen molar-refractivity contribution in [2.45, 2.75) is 63.5 Å². The van der Waals surface area contributed by atoms with E-state index in [2.05, 4.69) is 96.0 Å². The number of nitrogens with zero attached hydrogens (tertiary/aromatic N) is 3. The summed E-state index contributed by atoms with van der Waals surface area (Å²) in [5, 5.41) is 32.8. The molecule has 5 heterocycles. The Kier molecular flexibility index (Phi) is 47.1. The number of nitrogens with one attached hydrogen (secondary N) is 2. The average Bonchev–Trinajstić information content (AvgIpc) is 3.07. The number of halogens is 3. The Morgan fingerprint density at radius 2 is 1.11 bits per heavy atom. The molecule has 0 aromatic heterocycles. The molecule has 0 saturated carbocycles. The number of terminal acetylenes is 3. The van der Waals surface area contributed by atoms with Crippen LogP contribution in [-0.2, 0) is 41.5 Å². The maximum Gasteiger partial charge on any atom is 1.00 e. The van der Waals surface area contributed by atoms with Crippen molar-refractivity contribution in [1.29, 1.82) is 0 Å². The molecule has 0 spiro atoms. The van der Waals surface area contributed by atoms with Crippen molar-refractivity contribution in [2.75, 3.05) is 129 Å².